The molecule has 0 spiro atoms. The minimum atomic E-state index is 0.110. The standard InChI is InChI=1S/C15H19ClN2O3/c1-18(9-14(19)17-11-2-3-11)8-10-6-12(16)15-13(7-10)20-4-5-21-15/h6-7,11H,2-5,8-9H2,1H3,(H,17,19)/p+1. The average Bonchev–Trinajstić information content (AvgIpc) is 3.22. The van der Waals surface area contributed by atoms with E-state index in [-0.39, 0.29) is 5.91 Å². The number of hydrogen-bond donors (Lipinski definition) is 2. The van der Waals surface area contributed by atoms with E-state index < -0.39 is 0 Å². The van der Waals surface area contributed by atoms with Crippen molar-refractivity contribution >= 4 is 17.5 Å². The first kappa shape index (κ1) is 14.5. The zero-order valence-electron chi connectivity index (χ0n) is 12.1. The second-order valence-corrected chi connectivity index (χ2v) is 6.16. The molecule has 2 aliphatic rings. The molecule has 114 valence electrons. The third kappa shape index (κ3) is 3.80. The van der Waals surface area contributed by atoms with E-state index in [0.717, 1.165) is 23.3 Å². The van der Waals surface area contributed by atoms with Gasteiger partial charge in [-0.25, -0.2) is 0 Å². The topological polar surface area (TPSA) is 52.0 Å². The molecule has 1 heterocycles. The number of hydrogen-bond acceptors (Lipinski definition) is 3. The van der Waals surface area contributed by atoms with Gasteiger partial charge in [-0.1, -0.05) is 11.6 Å². The van der Waals surface area contributed by atoms with E-state index in [2.05, 4.69) is 5.32 Å². The molecule has 1 aliphatic heterocycles. The molecular formula is C15H20ClN2O3+. The number of carbonyl (C=O) groups excluding carboxylic acids is 1. The van der Waals surface area contributed by atoms with Gasteiger partial charge in [-0.15, -0.1) is 0 Å². The van der Waals surface area contributed by atoms with Crippen LogP contribution in [0.5, 0.6) is 11.5 Å². The molecule has 1 aliphatic carbocycles. The van der Waals surface area contributed by atoms with E-state index in [9.17, 15) is 4.79 Å². The Morgan fingerprint density at radius 1 is 1.38 bits per heavy atom. The van der Waals surface area contributed by atoms with Gasteiger partial charge in [-0.3, -0.25) is 4.79 Å². The van der Waals surface area contributed by atoms with E-state index in [1.54, 1.807) is 0 Å². The molecule has 0 radical (unpaired) electrons. The average molecular weight is 312 g/mol. The number of quaternary nitrogens is 1. The number of carbonyl (C=O) groups is 1. The summed E-state index contributed by atoms with van der Waals surface area (Å²) in [6.45, 7) is 2.24. The molecule has 3 rings (SSSR count). The van der Waals surface area contributed by atoms with Crippen LogP contribution in [0.1, 0.15) is 18.4 Å². The SMILES string of the molecule is C[NH+](CC(=O)NC1CC1)Cc1cc(Cl)c2c(c1)OCCO2. The lowest BCUT2D eigenvalue weighted by atomic mass is 10.2. The fourth-order valence-electron chi connectivity index (χ4n) is 2.46. The molecule has 1 atom stereocenters. The summed E-state index contributed by atoms with van der Waals surface area (Å²) >= 11 is 6.22. The largest absolute Gasteiger partial charge is 0.486 e. The van der Waals surface area contributed by atoms with Gasteiger partial charge in [0.25, 0.3) is 5.91 Å². The maximum Gasteiger partial charge on any atom is 0.275 e. The van der Waals surface area contributed by atoms with Crippen LogP contribution in [0.3, 0.4) is 0 Å². The summed E-state index contributed by atoms with van der Waals surface area (Å²) in [6.07, 6.45) is 2.23. The van der Waals surface area contributed by atoms with Crippen molar-refractivity contribution in [3.05, 3.63) is 22.7 Å². The fraction of sp³-hybridized carbons (Fsp3) is 0.533. The van der Waals surface area contributed by atoms with Gasteiger partial charge in [0.15, 0.2) is 18.0 Å². The molecule has 1 aromatic carbocycles. The summed E-state index contributed by atoms with van der Waals surface area (Å²) in [6, 6.07) is 4.24. The lowest BCUT2D eigenvalue weighted by Gasteiger charge is -2.21. The van der Waals surface area contributed by atoms with Crippen LogP contribution in [0.4, 0.5) is 0 Å². The Balaban J connectivity index is 1.61. The maximum atomic E-state index is 11.8. The van der Waals surface area contributed by atoms with E-state index >= 15 is 0 Å². The number of halogens is 1. The van der Waals surface area contributed by atoms with Crippen molar-refractivity contribution < 1.29 is 19.2 Å². The van der Waals surface area contributed by atoms with Crippen LogP contribution in [0.2, 0.25) is 5.02 Å². The van der Waals surface area contributed by atoms with Crippen molar-refractivity contribution in [3.63, 3.8) is 0 Å². The molecule has 5 nitrogen and oxygen atoms in total. The van der Waals surface area contributed by atoms with E-state index in [0.29, 0.717) is 48.9 Å². The molecule has 0 saturated heterocycles. The molecule has 1 amide bonds. The summed E-state index contributed by atoms with van der Waals surface area (Å²) in [7, 11) is 2.00. The van der Waals surface area contributed by atoms with Crippen molar-refractivity contribution in [2.24, 2.45) is 0 Å². The normalized spacial score (nSPS) is 18.2. The highest BCUT2D eigenvalue weighted by atomic mass is 35.5. The van der Waals surface area contributed by atoms with Gasteiger partial charge in [0.2, 0.25) is 0 Å². The zero-order valence-corrected chi connectivity index (χ0v) is 12.8. The first-order chi connectivity index (χ1) is 10.1. The third-order valence-electron chi connectivity index (χ3n) is 3.57. The van der Waals surface area contributed by atoms with Gasteiger partial charge < -0.3 is 19.7 Å². The van der Waals surface area contributed by atoms with Crippen LogP contribution in [-0.2, 0) is 11.3 Å². The quantitative estimate of drug-likeness (QED) is 0.828. The maximum absolute atomic E-state index is 11.8. The second kappa shape index (κ2) is 6.12. The van der Waals surface area contributed by atoms with Gasteiger partial charge in [0.05, 0.1) is 12.1 Å². The predicted molar refractivity (Wildman–Crippen MR) is 79.1 cm³/mol. The Labute approximate surface area is 129 Å². The number of benzene rings is 1. The molecule has 1 aromatic rings. The Bertz CT molecular complexity index is 546. The molecule has 1 fully saturated rings. The third-order valence-corrected chi connectivity index (χ3v) is 3.85. The predicted octanol–water partition coefficient (Wildman–Crippen LogP) is 0.404. The molecule has 1 unspecified atom stereocenters. The number of amides is 1. The molecule has 0 bridgehead atoms. The van der Waals surface area contributed by atoms with Crippen LogP contribution in [-0.4, -0.2) is 38.8 Å². The van der Waals surface area contributed by atoms with Crippen molar-refractivity contribution in [3.8, 4) is 11.5 Å². The summed E-state index contributed by atoms with van der Waals surface area (Å²) in [4.78, 5) is 12.9. The number of nitrogens with one attached hydrogen (secondary N) is 2. The highest BCUT2D eigenvalue weighted by Crippen LogP contribution is 2.38. The highest BCUT2D eigenvalue weighted by molar-refractivity contribution is 6.32. The number of likely N-dealkylation sites (N-methyl/N-ethyl adjacent to an activating group) is 1. The number of ether oxygens (including phenoxy) is 2. The van der Waals surface area contributed by atoms with Gasteiger partial charge in [-0.2, -0.15) is 0 Å². The molecule has 2 N–H and O–H groups in total. The van der Waals surface area contributed by atoms with Crippen LogP contribution in [0, 0.1) is 0 Å². The summed E-state index contributed by atoms with van der Waals surface area (Å²) in [5.41, 5.74) is 1.04. The Hall–Kier alpha value is -1.46. The summed E-state index contributed by atoms with van der Waals surface area (Å²) in [5, 5.41) is 3.57. The second-order valence-electron chi connectivity index (χ2n) is 5.75. The van der Waals surface area contributed by atoms with Gasteiger partial charge >= 0.3 is 0 Å². The van der Waals surface area contributed by atoms with Crippen LogP contribution >= 0.6 is 11.6 Å². The van der Waals surface area contributed by atoms with E-state index in [1.165, 1.54) is 0 Å². The first-order valence-electron chi connectivity index (χ1n) is 7.30. The first-order valence-corrected chi connectivity index (χ1v) is 7.68. The molecule has 21 heavy (non-hydrogen) atoms. The minimum Gasteiger partial charge on any atom is -0.486 e. The lowest BCUT2D eigenvalue weighted by molar-refractivity contribution is -0.885. The van der Waals surface area contributed by atoms with Crippen molar-refractivity contribution in [2.75, 3.05) is 26.8 Å². The number of rotatable bonds is 5. The minimum absolute atomic E-state index is 0.110. The van der Waals surface area contributed by atoms with Crippen LogP contribution in [0.25, 0.3) is 0 Å². The molecule has 6 heteroatoms. The Morgan fingerprint density at radius 3 is 2.90 bits per heavy atom. The Morgan fingerprint density at radius 2 is 2.14 bits per heavy atom. The van der Waals surface area contributed by atoms with Crippen molar-refractivity contribution in [1.82, 2.24) is 5.32 Å². The summed E-state index contributed by atoms with van der Waals surface area (Å²) in [5.74, 6) is 1.42. The number of fused-ring (bicyclic) bond motifs is 1. The summed E-state index contributed by atoms with van der Waals surface area (Å²) < 4.78 is 11.1. The smallest absolute Gasteiger partial charge is 0.275 e. The Kier molecular flexibility index (Phi) is 4.22. The fourth-order valence-corrected chi connectivity index (χ4v) is 2.75. The van der Waals surface area contributed by atoms with Crippen molar-refractivity contribution in [2.45, 2.75) is 25.4 Å². The van der Waals surface area contributed by atoms with E-state index in [1.807, 2.05) is 19.2 Å². The lowest BCUT2D eigenvalue weighted by Crippen LogP contribution is -3.08. The van der Waals surface area contributed by atoms with Crippen molar-refractivity contribution in [1.29, 1.82) is 0 Å². The van der Waals surface area contributed by atoms with Crippen LogP contribution in [0.15, 0.2) is 12.1 Å². The van der Waals surface area contributed by atoms with Gasteiger partial charge in [0, 0.05) is 11.6 Å². The molecule has 1 saturated carbocycles. The van der Waals surface area contributed by atoms with Gasteiger partial charge in [0.1, 0.15) is 19.8 Å². The highest BCUT2D eigenvalue weighted by Gasteiger charge is 2.25. The van der Waals surface area contributed by atoms with Crippen LogP contribution < -0.4 is 19.7 Å². The molecular weight excluding hydrogens is 292 g/mol. The zero-order chi connectivity index (χ0) is 14.8. The van der Waals surface area contributed by atoms with E-state index in [4.69, 9.17) is 21.1 Å². The van der Waals surface area contributed by atoms with Gasteiger partial charge in [-0.05, 0) is 25.0 Å². The monoisotopic (exact) mass is 311 g/mol. The molecule has 0 aromatic heterocycles.